The van der Waals surface area contributed by atoms with Crippen molar-refractivity contribution in [1.29, 1.82) is 0 Å². The van der Waals surface area contributed by atoms with E-state index in [-0.39, 0.29) is 24.5 Å². The van der Waals surface area contributed by atoms with E-state index in [1.807, 2.05) is 24.3 Å². The zero-order chi connectivity index (χ0) is 13.1. The fraction of sp³-hybridized carbons (Fsp3) is 0.500. The molecule has 4 heteroatoms. The minimum atomic E-state index is -0.0397. The summed E-state index contributed by atoms with van der Waals surface area (Å²) in [6.07, 6.45) is 1.27. The molecule has 1 fully saturated rings. The van der Waals surface area contributed by atoms with Gasteiger partial charge in [0.25, 0.3) is 0 Å². The minimum Gasteiger partial charge on any atom is -0.497 e. The molecule has 0 aliphatic carbocycles. The molecule has 1 aliphatic heterocycles. The van der Waals surface area contributed by atoms with Crippen molar-refractivity contribution in [3.05, 3.63) is 29.8 Å². The number of benzene rings is 1. The number of piperidine rings is 1. The van der Waals surface area contributed by atoms with Crippen molar-refractivity contribution < 1.29 is 14.6 Å². The quantitative estimate of drug-likeness (QED) is 0.885. The Balaban J connectivity index is 2.28. The smallest absolute Gasteiger partial charge is 0.222 e. The van der Waals surface area contributed by atoms with Crippen LogP contribution in [-0.2, 0) is 4.79 Å². The summed E-state index contributed by atoms with van der Waals surface area (Å²) in [5.74, 6) is 1.05. The van der Waals surface area contributed by atoms with Crippen LogP contribution in [0.2, 0.25) is 0 Å². The first-order chi connectivity index (χ1) is 8.67. The van der Waals surface area contributed by atoms with Crippen LogP contribution in [0.4, 0.5) is 0 Å². The summed E-state index contributed by atoms with van der Waals surface area (Å²) in [5, 5.41) is 9.46. The van der Waals surface area contributed by atoms with Gasteiger partial charge in [-0.1, -0.05) is 12.1 Å². The topological polar surface area (TPSA) is 49.8 Å². The Morgan fingerprint density at radius 1 is 1.39 bits per heavy atom. The predicted molar refractivity (Wildman–Crippen MR) is 68.3 cm³/mol. The third-order valence-corrected chi connectivity index (χ3v) is 3.68. The number of nitrogens with zero attached hydrogens (tertiary/aromatic N) is 1. The van der Waals surface area contributed by atoms with E-state index in [1.165, 1.54) is 0 Å². The largest absolute Gasteiger partial charge is 0.497 e. The molecule has 1 heterocycles. The standard InChI is InChI=1S/C14H19NO3/c1-15-13(17)8-5-11(9-16)14(15)10-3-6-12(18-2)7-4-10/h3-4,6-7,11,14,16H,5,8-9H2,1-2H3/t11-,14+/m0/s1. The van der Waals surface area contributed by atoms with Crippen molar-refractivity contribution in [3.63, 3.8) is 0 Å². The second-order valence-corrected chi connectivity index (χ2v) is 4.70. The van der Waals surface area contributed by atoms with Crippen LogP contribution in [0.5, 0.6) is 5.75 Å². The first-order valence-electron chi connectivity index (χ1n) is 6.18. The molecule has 1 saturated heterocycles. The number of rotatable bonds is 3. The first kappa shape index (κ1) is 12.9. The molecule has 4 nitrogen and oxygen atoms in total. The maximum atomic E-state index is 11.8. The molecule has 0 saturated carbocycles. The van der Waals surface area contributed by atoms with Gasteiger partial charge in [0.15, 0.2) is 0 Å². The Kier molecular flexibility index (Phi) is 3.87. The molecule has 1 N–H and O–H groups in total. The summed E-state index contributed by atoms with van der Waals surface area (Å²) >= 11 is 0. The average molecular weight is 249 g/mol. The maximum absolute atomic E-state index is 11.8. The molecule has 1 aromatic rings. The molecule has 1 aromatic carbocycles. The lowest BCUT2D eigenvalue weighted by atomic mass is 9.85. The molecule has 98 valence electrons. The van der Waals surface area contributed by atoms with Crippen LogP contribution < -0.4 is 4.74 Å². The minimum absolute atomic E-state index is 0.0397. The highest BCUT2D eigenvalue weighted by atomic mass is 16.5. The number of aliphatic hydroxyl groups excluding tert-OH is 1. The molecule has 2 rings (SSSR count). The third kappa shape index (κ3) is 2.34. The summed E-state index contributed by atoms with van der Waals surface area (Å²) in [4.78, 5) is 13.5. The summed E-state index contributed by atoms with van der Waals surface area (Å²) in [5.41, 5.74) is 1.05. The summed E-state index contributed by atoms with van der Waals surface area (Å²) in [6.45, 7) is 0.105. The third-order valence-electron chi connectivity index (χ3n) is 3.68. The van der Waals surface area contributed by atoms with Gasteiger partial charge in [0.05, 0.1) is 13.2 Å². The van der Waals surface area contributed by atoms with Crippen molar-refractivity contribution in [2.24, 2.45) is 5.92 Å². The van der Waals surface area contributed by atoms with Gasteiger partial charge in [0.1, 0.15) is 5.75 Å². The SMILES string of the molecule is COc1ccc([C@@H]2[C@H](CO)CCC(=O)N2C)cc1. The molecule has 0 spiro atoms. The van der Waals surface area contributed by atoms with Gasteiger partial charge in [-0.2, -0.15) is 0 Å². The lowest BCUT2D eigenvalue weighted by Crippen LogP contribution is -2.41. The highest BCUT2D eigenvalue weighted by Crippen LogP contribution is 2.35. The number of ether oxygens (including phenoxy) is 1. The molecule has 18 heavy (non-hydrogen) atoms. The highest BCUT2D eigenvalue weighted by Gasteiger charge is 2.34. The van der Waals surface area contributed by atoms with Crippen LogP contribution >= 0.6 is 0 Å². The molecule has 0 radical (unpaired) electrons. The van der Waals surface area contributed by atoms with E-state index in [4.69, 9.17) is 4.74 Å². The monoisotopic (exact) mass is 249 g/mol. The number of carbonyl (C=O) groups excluding carboxylic acids is 1. The van der Waals surface area contributed by atoms with Crippen molar-refractivity contribution in [2.75, 3.05) is 20.8 Å². The Bertz CT molecular complexity index is 416. The van der Waals surface area contributed by atoms with Crippen molar-refractivity contribution in [3.8, 4) is 5.75 Å². The molecule has 2 atom stereocenters. The average Bonchev–Trinajstić information content (AvgIpc) is 2.42. The summed E-state index contributed by atoms with van der Waals surface area (Å²) < 4.78 is 5.13. The van der Waals surface area contributed by atoms with E-state index in [9.17, 15) is 9.90 Å². The van der Waals surface area contributed by atoms with E-state index < -0.39 is 0 Å². The molecule has 0 aromatic heterocycles. The van der Waals surface area contributed by atoms with Gasteiger partial charge >= 0.3 is 0 Å². The second-order valence-electron chi connectivity index (χ2n) is 4.70. The normalized spacial score (nSPS) is 24.2. The van der Waals surface area contributed by atoms with Gasteiger partial charge in [-0.3, -0.25) is 4.79 Å². The van der Waals surface area contributed by atoms with E-state index in [0.717, 1.165) is 17.7 Å². The molecular formula is C14H19NO3. The van der Waals surface area contributed by atoms with Gasteiger partial charge in [-0.05, 0) is 24.1 Å². The Hall–Kier alpha value is -1.55. The Morgan fingerprint density at radius 2 is 2.06 bits per heavy atom. The Labute approximate surface area is 107 Å². The number of amides is 1. The Morgan fingerprint density at radius 3 is 2.61 bits per heavy atom. The van der Waals surface area contributed by atoms with Gasteiger partial charge in [0.2, 0.25) is 5.91 Å². The van der Waals surface area contributed by atoms with Crippen molar-refractivity contribution >= 4 is 5.91 Å². The fourth-order valence-electron chi connectivity index (χ4n) is 2.60. The van der Waals surface area contributed by atoms with Gasteiger partial charge < -0.3 is 14.7 Å². The number of hydrogen-bond donors (Lipinski definition) is 1. The summed E-state index contributed by atoms with van der Waals surface area (Å²) in [7, 11) is 3.43. The molecular weight excluding hydrogens is 230 g/mol. The number of aliphatic hydroxyl groups is 1. The number of hydrogen-bond acceptors (Lipinski definition) is 3. The first-order valence-corrected chi connectivity index (χ1v) is 6.18. The van der Waals surface area contributed by atoms with E-state index in [1.54, 1.807) is 19.1 Å². The van der Waals surface area contributed by atoms with E-state index in [2.05, 4.69) is 0 Å². The van der Waals surface area contributed by atoms with E-state index >= 15 is 0 Å². The van der Waals surface area contributed by atoms with Crippen LogP contribution in [0.1, 0.15) is 24.4 Å². The highest BCUT2D eigenvalue weighted by molar-refractivity contribution is 5.77. The van der Waals surface area contributed by atoms with Crippen molar-refractivity contribution in [1.82, 2.24) is 4.90 Å². The van der Waals surface area contributed by atoms with Crippen LogP contribution in [0.3, 0.4) is 0 Å². The number of likely N-dealkylation sites (tertiary alicyclic amines) is 1. The lowest BCUT2D eigenvalue weighted by molar-refractivity contribution is -0.137. The molecule has 0 bridgehead atoms. The van der Waals surface area contributed by atoms with Crippen LogP contribution in [-0.4, -0.2) is 36.7 Å². The fourth-order valence-corrected chi connectivity index (χ4v) is 2.60. The zero-order valence-corrected chi connectivity index (χ0v) is 10.8. The predicted octanol–water partition coefficient (Wildman–Crippen LogP) is 1.60. The molecule has 1 aliphatic rings. The van der Waals surface area contributed by atoms with Gasteiger partial charge in [-0.25, -0.2) is 0 Å². The summed E-state index contributed by atoms with van der Waals surface area (Å²) in [6, 6.07) is 7.65. The van der Waals surface area contributed by atoms with Crippen LogP contribution in [0.15, 0.2) is 24.3 Å². The van der Waals surface area contributed by atoms with E-state index in [0.29, 0.717) is 6.42 Å². The maximum Gasteiger partial charge on any atom is 0.222 e. The second kappa shape index (κ2) is 5.40. The van der Waals surface area contributed by atoms with Crippen molar-refractivity contribution in [2.45, 2.75) is 18.9 Å². The van der Waals surface area contributed by atoms with Gasteiger partial charge in [-0.15, -0.1) is 0 Å². The van der Waals surface area contributed by atoms with Crippen LogP contribution in [0, 0.1) is 5.92 Å². The number of methoxy groups -OCH3 is 1. The van der Waals surface area contributed by atoms with Gasteiger partial charge in [0, 0.05) is 26.0 Å². The zero-order valence-electron chi connectivity index (χ0n) is 10.8. The number of carbonyl (C=O) groups is 1. The molecule has 0 unspecified atom stereocenters. The van der Waals surface area contributed by atoms with Crippen LogP contribution in [0.25, 0.3) is 0 Å². The molecule has 1 amide bonds. The lowest BCUT2D eigenvalue weighted by Gasteiger charge is -2.38.